The van der Waals surface area contributed by atoms with Crippen LogP contribution in [-0.4, -0.2) is 30.7 Å². The van der Waals surface area contributed by atoms with Crippen molar-refractivity contribution in [1.82, 2.24) is 19.6 Å². The smallest absolute Gasteiger partial charge is 0.335 e. The Balaban J connectivity index is 1.66. The van der Waals surface area contributed by atoms with E-state index in [1.165, 1.54) is 23.9 Å². The fourth-order valence-electron chi connectivity index (χ4n) is 3.54. The van der Waals surface area contributed by atoms with Gasteiger partial charge in [-0.15, -0.1) is 0 Å². The molecule has 0 saturated heterocycles. The quantitative estimate of drug-likeness (QED) is 0.798. The van der Waals surface area contributed by atoms with Crippen molar-refractivity contribution in [3.05, 3.63) is 58.8 Å². The summed E-state index contributed by atoms with van der Waals surface area (Å²) in [5, 5.41) is 13.6. The zero-order valence-corrected chi connectivity index (χ0v) is 13.3. The summed E-state index contributed by atoms with van der Waals surface area (Å²) in [5.74, 6) is -0.854. The lowest BCUT2D eigenvalue weighted by atomic mass is 9.85. The molecular weight excluding hydrogens is 304 g/mol. The lowest BCUT2D eigenvalue weighted by Gasteiger charge is -2.20. The van der Waals surface area contributed by atoms with Gasteiger partial charge in [0.15, 0.2) is 5.65 Å². The van der Waals surface area contributed by atoms with Crippen LogP contribution in [-0.2, 0) is 25.7 Å². The maximum Gasteiger partial charge on any atom is 0.335 e. The largest absolute Gasteiger partial charge is 0.478 e. The molecule has 0 radical (unpaired) electrons. The molecule has 24 heavy (non-hydrogen) atoms. The maximum atomic E-state index is 11.4. The Morgan fingerprint density at radius 1 is 1.17 bits per heavy atom. The summed E-state index contributed by atoms with van der Waals surface area (Å²) in [6.07, 6.45) is 10.9. The van der Waals surface area contributed by atoms with Gasteiger partial charge in [0.1, 0.15) is 6.33 Å². The number of hydrogen-bond donors (Lipinski definition) is 1. The predicted octanol–water partition coefficient (Wildman–Crippen LogP) is 2.49. The first-order chi connectivity index (χ1) is 11.7. The van der Waals surface area contributed by atoms with Crippen LogP contribution in [0, 0.1) is 0 Å². The van der Waals surface area contributed by atoms with Crippen LogP contribution in [0.4, 0.5) is 0 Å². The van der Waals surface area contributed by atoms with Crippen LogP contribution >= 0.6 is 0 Å². The SMILES string of the molecule is O=C(O)c1cc2c(c(CCc3cnc4cncnn34)c1)CCCC2. The van der Waals surface area contributed by atoms with Gasteiger partial charge in [-0.25, -0.2) is 19.3 Å². The Bertz CT molecular complexity index is 917. The van der Waals surface area contributed by atoms with E-state index in [-0.39, 0.29) is 0 Å². The van der Waals surface area contributed by atoms with Crippen molar-refractivity contribution < 1.29 is 9.90 Å². The first kappa shape index (κ1) is 14.8. The molecule has 0 atom stereocenters. The van der Waals surface area contributed by atoms with Gasteiger partial charge in [0, 0.05) is 0 Å². The van der Waals surface area contributed by atoms with Gasteiger partial charge < -0.3 is 5.11 Å². The number of aromatic nitrogens is 4. The molecule has 0 unspecified atom stereocenters. The molecule has 0 bridgehead atoms. The third-order valence-corrected chi connectivity index (χ3v) is 4.71. The molecule has 0 spiro atoms. The highest BCUT2D eigenvalue weighted by molar-refractivity contribution is 5.88. The summed E-state index contributed by atoms with van der Waals surface area (Å²) in [6, 6.07) is 3.69. The fraction of sp³-hybridized carbons (Fsp3) is 0.333. The molecular formula is C18H18N4O2. The molecule has 0 fully saturated rings. The molecule has 1 aromatic carbocycles. The van der Waals surface area contributed by atoms with Crippen molar-refractivity contribution in [2.45, 2.75) is 38.5 Å². The van der Waals surface area contributed by atoms with Crippen molar-refractivity contribution in [2.75, 3.05) is 0 Å². The Kier molecular flexibility index (Phi) is 3.72. The number of nitrogens with zero attached hydrogens (tertiary/aromatic N) is 4. The molecule has 1 aliphatic rings. The van der Waals surface area contributed by atoms with Gasteiger partial charge in [0.2, 0.25) is 0 Å². The lowest BCUT2D eigenvalue weighted by molar-refractivity contribution is 0.0696. The summed E-state index contributed by atoms with van der Waals surface area (Å²) in [5.41, 5.74) is 5.83. The molecule has 0 saturated carbocycles. The lowest BCUT2D eigenvalue weighted by Crippen LogP contribution is -2.11. The summed E-state index contributed by atoms with van der Waals surface area (Å²) in [7, 11) is 0. The number of rotatable bonds is 4. The predicted molar refractivity (Wildman–Crippen MR) is 88.2 cm³/mol. The van der Waals surface area contributed by atoms with E-state index in [9.17, 15) is 9.90 Å². The number of carboxylic acid groups (broad SMARTS) is 1. The molecule has 4 rings (SSSR count). The van der Waals surface area contributed by atoms with Crippen molar-refractivity contribution >= 4 is 11.6 Å². The van der Waals surface area contributed by atoms with Crippen LogP contribution in [0.3, 0.4) is 0 Å². The van der Waals surface area contributed by atoms with Crippen LogP contribution in [0.2, 0.25) is 0 Å². The molecule has 2 heterocycles. The second-order valence-corrected chi connectivity index (χ2v) is 6.21. The van der Waals surface area contributed by atoms with E-state index in [1.54, 1.807) is 10.7 Å². The number of benzene rings is 1. The minimum atomic E-state index is -0.854. The first-order valence-electron chi connectivity index (χ1n) is 8.23. The van der Waals surface area contributed by atoms with Crippen molar-refractivity contribution in [2.24, 2.45) is 0 Å². The number of aromatic carboxylic acids is 1. The molecule has 1 N–H and O–H groups in total. The van der Waals surface area contributed by atoms with Gasteiger partial charge in [0.25, 0.3) is 0 Å². The zero-order chi connectivity index (χ0) is 16.5. The Morgan fingerprint density at radius 3 is 2.92 bits per heavy atom. The van der Waals surface area contributed by atoms with E-state index < -0.39 is 5.97 Å². The summed E-state index contributed by atoms with van der Waals surface area (Å²) in [6.45, 7) is 0. The minimum Gasteiger partial charge on any atom is -0.478 e. The molecule has 122 valence electrons. The molecule has 3 aromatic rings. The standard InChI is InChI=1S/C18H18N4O2/c23-18(24)14-7-12-3-1-2-4-16(12)13(8-14)5-6-15-9-20-17-10-19-11-21-22(15)17/h7-11H,1-6H2,(H,23,24). The third kappa shape index (κ3) is 2.64. The molecule has 2 aromatic heterocycles. The monoisotopic (exact) mass is 322 g/mol. The van der Waals surface area contributed by atoms with Gasteiger partial charge >= 0.3 is 5.97 Å². The van der Waals surface area contributed by atoms with Gasteiger partial charge in [-0.2, -0.15) is 5.10 Å². The maximum absolute atomic E-state index is 11.4. The van der Waals surface area contributed by atoms with Gasteiger partial charge in [-0.05, 0) is 67.3 Å². The van der Waals surface area contributed by atoms with E-state index in [0.717, 1.165) is 49.0 Å². The van der Waals surface area contributed by atoms with Gasteiger partial charge in [-0.3, -0.25) is 0 Å². The topological polar surface area (TPSA) is 80.4 Å². The highest BCUT2D eigenvalue weighted by Crippen LogP contribution is 2.27. The van der Waals surface area contributed by atoms with Gasteiger partial charge in [0.05, 0.1) is 23.7 Å². The van der Waals surface area contributed by atoms with Crippen LogP contribution in [0.15, 0.2) is 30.9 Å². The third-order valence-electron chi connectivity index (χ3n) is 4.71. The summed E-state index contributed by atoms with van der Waals surface area (Å²) in [4.78, 5) is 19.7. The van der Waals surface area contributed by atoms with Crippen LogP contribution in [0.5, 0.6) is 0 Å². The number of carboxylic acids is 1. The number of carbonyl (C=O) groups is 1. The summed E-state index contributed by atoms with van der Waals surface area (Å²) >= 11 is 0. The second kappa shape index (κ2) is 6.03. The highest BCUT2D eigenvalue weighted by Gasteiger charge is 2.17. The second-order valence-electron chi connectivity index (χ2n) is 6.21. The van der Waals surface area contributed by atoms with E-state index in [2.05, 4.69) is 15.1 Å². The van der Waals surface area contributed by atoms with E-state index in [0.29, 0.717) is 5.56 Å². The van der Waals surface area contributed by atoms with E-state index in [4.69, 9.17) is 0 Å². The van der Waals surface area contributed by atoms with Gasteiger partial charge in [-0.1, -0.05) is 0 Å². The normalized spacial score (nSPS) is 13.8. The average molecular weight is 322 g/mol. The van der Waals surface area contributed by atoms with Crippen molar-refractivity contribution in [3.63, 3.8) is 0 Å². The Hall–Kier alpha value is -2.76. The van der Waals surface area contributed by atoms with Crippen LogP contribution in [0.1, 0.15) is 45.6 Å². The number of aryl methyl sites for hydroxylation is 3. The Morgan fingerprint density at radius 2 is 2.04 bits per heavy atom. The van der Waals surface area contributed by atoms with Crippen LogP contribution < -0.4 is 0 Å². The molecule has 1 aliphatic carbocycles. The Labute approximate surface area is 139 Å². The molecule has 6 heteroatoms. The summed E-state index contributed by atoms with van der Waals surface area (Å²) < 4.78 is 1.79. The van der Waals surface area contributed by atoms with E-state index in [1.807, 2.05) is 18.3 Å². The minimum absolute atomic E-state index is 0.395. The molecule has 0 amide bonds. The van der Waals surface area contributed by atoms with E-state index >= 15 is 0 Å². The fourth-order valence-corrected chi connectivity index (χ4v) is 3.54. The zero-order valence-electron chi connectivity index (χ0n) is 13.3. The van der Waals surface area contributed by atoms with Crippen LogP contribution in [0.25, 0.3) is 5.65 Å². The number of hydrogen-bond acceptors (Lipinski definition) is 4. The number of fused-ring (bicyclic) bond motifs is 2. The van der Waals surface area contributed by atoms with Crippen molar-refractivity contribution in [1.29, 1.82) is 0 Å². The highest BCUT2D eigenvalue weighted by atomic mass is 16.4. The van der Waals surface area contributed by atoms with Crippen molar-refractivity contribution in [3.8, 4) is 0 Å². The first-order valence-corrected chi connectivity index (χ1v) is 8.23. The number of imidazole rings is 1. The molecule has 0 aliphatic heterocycles. The average Bonchev–Trinajstić information content (AvgIpc) is 3.02. The molecule has 6 nitrogen and oxygen atoms in total.